The highest BCUT2D eigenvalue weighted by molar-refractivity contribution is 5.82. The summed E-state index contributed by atoms with van der Waals surface area (Å²) in [5.41, 5.74) is 0. The Hall–Kier alpha value is -1.08. The molecule has 1 rings (SSSR count). The van der Waals surface area contributed by atoms with Crippen molar-refractivity contribution in [2.24, 2.45) is 0 Å². The largest absolute Gasteiger partial charge is 0.353 e. The summed E-state index contributed by atoms with van der Waals surface area (Å²) < 4.78 is 0. The summed E-state index contributed by atoms with van der Waals surface area (Å²) in [6.07, 6.45) is 0. The van der Waals surface area contributed by atoms with E-state index < -0.39 is 0 Å². The minimum atomic E-state index is -0.150. The molecule has 0 saturated carbocycles. The Balaban J connectivity index is 2.52. The maximum Gasteiger partial charge on any atom is 0.237 e. The molecule has 1 aliphatic heterocycles. The van der Waals surface area contributed by atoms with Crippen LogP contribution in [0.15, 0.2) is 0 Å². The monoisotopic (exact) mass is 153 g/mol. The van der Waals surface area contributed by atoms with E-state index in [1.807, 2.05) is 17.9 Å². The second kappa shape index (κ2) is 3.35. The SMILES string of the molecule is CC1C(=O)NCCN1CC#N. The van der Waals surface area contributed by atoms with E-state index in [1.165, 1.54) is 0 Å². The first kappa shape index (κ1) is 8.02. The standard InChI is InChI=1S/C7H11N3O/c1-6-7(11)9-3-5-10(6)4-2-8/h6H,3-5H2,1H3,(H,9,11). The first-order valence-corrected chi connectivity index (χ1v) is 3.64. The van der Waals surface area contributed by atoms with Crippen LogP contribution in [0.4, 0.5) is 0 Å². The van der Waals surface area contributed by atoms with E-state index >= 15 is 0 Å². The summed E-state index contributed by atoms with van der Waals surface area (Å²) in [5.74, 6) is 0.0199. The van der Waals surface area contributed by atoms with Gasteiger partial charge in [-0.1, -0.05) is 0 Å². The predicted octanol–water partition coefficient (Wildman–Crippen LogP) is -0.670. The molecule has 1 atom stereocenters. The zero-order valence-electron chi connectivity index (χ0n) is 6.50. The van der Waals surface area contributed by atoms with E-state index in [9.17, 15) is 4.79 Å². The smallest absolute Gasteiger partial charge is 0.237 e. The van der Waals surface area contributed by atoms with Gasteiger partial charge in [0, 0.05) is 13.1 Å². The van der Waals surface area contributed by atoms with Gasteiger partial charge in [0.1, 0.15) is 0 Å². The number of carbonyl (C=O) groups excluding carboxylic acids is 1. The maximum absolute atomic E-state index is 11.0. The fourth-order valence-electron chi connectivity index (χ4n) is 1.14. The Labute approximate surface area is 65.8 Å². The van der Waals surface area contributed by atoms with Gasteiger partial charge in [0.15, 0.2) is 0 Å². The van der Waals surface area contributed by atoms with Gasteiger partial charge in [0.05, 0.1) is 18.7 Å². The van der Waals surface area contributed by atoms with Crippen LogP contribution in [-0.2, 0) is 4.79 Å². The lowest BCUT2D eigenvalue weighted by Gasteiger charge is -2.30. The van der Waals surface area contributed by atoms with E-state index in [0.29, 0.717) is 13.1 Å². The van der Waals surface area contributed by atoms with Crippen molar-refractivity contribution in [3.05, 3.63) is 0 Å². The lowest BCUT2D eigenvalue weighted by molar-refractivity contribution is -0.127. The molecule has 1 unspecified atom stereocenters. The number of hydrogen-bond acceptors (Lipinski definition) is 3. The van der Waals surface area contributed by atoms with Gasteiger partial charge in [-0.15, -0.1) is 0 Å². The third kappa shape index (κ3) is 1.69. The molecule has 1 saturated heterocycles. The molecule has 1 N–H and O–H groups in total. The summed E-state index contributed by atoms with van der Waals surface area (Å²) >= 11 is 0. The van der Waals surface area contributed by atoms with E-state index in [4.69, 9.17) is 5.26 Å². The average molecular weight is 153 g/mol. The van der Waals surface area contributed by atoms with Crippen molar-refractivity contribution in [1.82, 2.24) is 10.2 Å². The molecule has 0 bridgehead atoms. The summed E-state index contributed by atoms with van der Waals surface area (Å²) in [5, 5.41) is 11.1. The summed E-state index contributed by atoms with van der Waals surface area (Å²) in [6.45, 7) is 3.59. The molecule has 0 aromatic heterocycles. The number of amides is 1. The van der Waals surface area contributed by atoms with E-state index in [0.717, 1.165) is 6.54 Å². The van der Waals surface area contributed by atoms with Crippen molar-refractivity contribution in [2.75, 3.05) is 19.6 Å². The first-order valence-electron chi connectivity index (χ1n) is 3.64. The van der Waals surface area contributed by atoms with E-state index in [1.54, 1.807) is 0 Å². The fraction of sp³-hybridized carbons (Fsp3) is 0.714. The molecule has 1 amide bonds. The third-order valence-electron chi connectivity index (χ3n) is 1.90. The second-order valence-corrected chi connectivity index (χ2v) is 2.60. The lowest BCUT2D eigenvalue weighted by Crippen LogP contribution is -2.53. The summed E-state index contributed by atoms with van der Waals surface area (Å²) in [6, 6.07) is 1.88. The zero-order chi connectivity index (χ0) is 8.27. The average Bonchev–Trinajstić information content (AvgIpc) is 1.99. The zero-order valence-corrected chi connectivity index (χ0v) is 6.50. The number of piperazine rings is 1. The third-order valence-corrected chi connectivity index (χ3v) is 1.90. The Morgan fingerprint density at radius 3 is 3.27 bits per heavy atom. The molecule has 0 spiro atoms. The van der Waals surface area contributed by atoms with Gasteiger partial charge in [-0.2, -0.15) is 5.26 Å². The van der Waals surface area contributed by atoms with Gasteiger partial charge in [0.2, 0.25) is 5.91 Å². The predicted molar refractivity (Wildman–Crippen MR) is 39.7 cm³/mol. The van der Waals surface area contributed by atoms with Crippen molar-refractivity contribution in [2.45, 2.75) is 13.0 Å². The molecule has 0 aromatic carbocycles. The van der Waals surface area contributed by atoms with Crippen molar-refractivity contribution in [1.29, 1.82) is 5.26 Å². The van der Waals surface area contributed by atoms with Crippen LogP contribution in [0.3, 0.4) is 0 Å². The number of nitrogens with one attached hydrogen (secondary N) is 1. The molecule has 1 aliphatic rings. The minimum absolute atomic E-state index is 0.0199. The van der Waals surface area contributed by atoms with Crippen LogP contribution in [0.2, 0.25) is 0 Å². The topological polar surface area (TPSA) is 56.1 Å². The molecule has 1 fully saturated rings. The highest BCUT2D eigenvalue weighted by atomic mass is 16.2. The summed E-state index contributed by atoms with van der Waals surface area (Å²) in [4.78, 5) is 12.9. The number of nitriles is 1. The van der Waals surface area contributed by atoms with Gasteiger partial charge >= 0.3 is 0 Å². The van der Waals surface area contributed by atoms with Gasteiger partial charge in [-0.25, -0.2) is 0 Å². The fourth-order valence-corrected chi connectivity index (χ4v) is 1.14. The molecule has 0 aliphatic carbocycles. The van der Waals surface area contributed by atoms with Crippen molar-refractivity contribution in [3.63, 3.8) is 0 Å². The molecule has 60 valence electrons. The number of hydrogen-bond donors (Lipinski definition) is 1. The highest BCUT2D eigenvalue weighted by Gasteiger charge is 2.24. The molecule has 1 heterocycles. The van der Waals surface area contributed by atoms with Crippen LogP contribution in [0.25, 0.3) is 0 Å². The van der Waals surface area contributed by atoms with Gasteiger partial charge < -0.3 is 5.32 Å². The number of carbonyl (C=O) groups is 1. The van der Waals surface area contributed by atoms with E-state index in [2.05, 4.69) is 5.32 Å². The molecule has 11 heavy (non-hydrogen) atoms. The van der Waals surface area contributed by atoms with Crippen molar-refractivity contribution in [3.8, 4) is 6.07 Å². The minimum Gasteiger partial charge on any atom is -0.353 e. The van der Waals surface area contributed by atoms with Crippen LogP contribution in [0.5, 0.6) is 0 Å². The van der Waals surface area contributed by atoms with Crippen LogP contribution in [-0.4, -0.2) is 36.5 Å². The van der Waals surface area contributed by atoms with Gasteiger partial charge in [-0.05, 0) is 6.92 Å². The normalized spacial score (nSPS) is 25.8. The molecular weight excluding hydrogens is 142 g/mol. The molecule has 4 nitrogen and oxygen atoms in total. The maximum atomic E-state index is 11.0. The number of nitrogens with zero attached hydrogens (tertiary/aromatic N) is 2. The Morgan fingerprint density at radius 2 is 2.64 bits per heavy atom. The molecule has 4 heteroatoms. The van der Waals surface area contributed by atoms with Gasteiger partial charge in [-0.3, -0.25) is 9.69 Å². The molecule has 0 aromatic rings. The van der Waals surface area contributed by atoms with Crippen LogP contribution in [0, 0.1) is 11.3 Å². The second-order valence-electron chi connectivity index (χ2n) is 2.60. The first-order chi connectivity index (χ1) is 5.25. The van der Waals surface area contributed by atoms with Crippen LogP contribution in [0.1, 0.15) is 6.92 Å². The Morgan fingerprint density at radius 1 is 1.91 bits per heavy atom. The molecular formula is C7H11N3O. The van der Waals surface area contributed by atoms with Crippen molar-refractivity contribution < 1.29 is 4.79 Å². The van der Waals surface area contributed by atoms with Gasteiger partial charge in [0.25, 0.3) is 0 Å². The van der Waals surface area contributed by atoms with Crippen LogP contribution < -0.4 is 5.32 Å². The van der Waals surface area contributed by atoms with E-state index in [-0.39, 0.29) is 11.9 Å². The highest BCUT2D eigenvalue weighted by Crippen LogP contribution is 2.01. The number of rotatable bonds is 1. The van der Waals surface area contributed by atoms with Crippen LogP contribution >= 0.6 is 0 Å². The van der Waals surface area contributed by atoms with Crippen molar-refractivity contribution >= 4 is 5.91 Å². The lowest BCUT2D eigenvalue weighted by atomic mass is 10.2. The summed E-state index contributed by atoms with van der Waals surface area (Å²) in [7, 11) is 0. The Kier molecular flexibility index (Phi) is 2.44. The quantitative estimate of drug-likeness (QED) is 0.508. The molecule has 0 radical (unpaired) electrons. The Bertz CT molecular complexity index is 196.